The van der Waals surface area contributed by atoms with E-state index in [0.29, 0.717) is 35.8 Å². The Balaban J connectivity index is 2.51. The fourth-order valence-electron chi connectivity index (χ4n) is 2.54. The van der Waals surface area contributed by atoms with Gasteiger partial charge in [-0.1, -0.05) is 0 Å². The third-order valence-electron chi connectivity index (χ3n) is 3.84. The van der Waals surface area contributed by atoms with Gasteiger partial charge in [0.15, 0.2) is 4.77 Å². The summed E-state index contributed by atoms with van der Waals surface area (Å²) in [5, 5.41) is 14.8. The molecule has 0 radical (unpaired) electrons. The molecular weight excluding hydrogens is 384 g/mol. The lowest BCUT2D eigenvalue weighted by molar-refractivity contribution is -0.121. The second-order valence-electron chi connectivity index (χ2n) is 5.80. The molecule has 0 aliphatic carbocycles. The molecule has 152 valence electrons. The minimum atomic E-state index is -0.400. The first-order chi connectivity index (χ1) is 13.5. The number of methoxy groups -OCH3 is 1. The molecule has 1 aromatic heterocycles. The van der Waals surface area contributed by atoms with Gasteiger partial charge in [-0.25, -0.2) is 0 Å². The van der Waals surface area contributed by atoms with Crippen LogP contribution >= 0.6 is 12.2 Å². The van der Waals surface area contributed by atoms with Crippen molar-refractivity contribution in [1.29, 1.82) is 0 Å². The second-order valence-corrected chi connectivity index (χ2v) is 6.18. The number of aliphatic hydroxyl groups excluding tert-OH is 1. The molecule has 0 bridgehead atoms. The largest absolute Gasteiger partial charge is 0.497 e. The molecule has 0 fully saturated rings. The molecule has 0 spiro atoms. The molecule has 4 N–H and O–H groups in total. The second kappa shape index (κ2) is 10.6. The van der Waals surface area contributed by atoms with Crippen molar-refractivity contribution in [3.63, 3.8) is 0 Å². The highest BCUT2D eigenvalue weighted by Gasteiger charge is 2.16. The molecule has 0 aliphatic heterocycles. The SMILES string of the molecule is CNCCNC(=O)Cn1c(-c2cc(OC)ccc2OCCO)cc(=O)[nH]c1=S. The predicted octanol–water partition coefficient (Wildman–Crippen LogP) is 0.288. The first-order valence-electron chi connectivity index (χ1n) is 8.67. The van der Waals surface area contributed by atoms with E-state index < -0.39 is 5.56 Å². The van der Waals surface area contributed by atoms with E-state index in [4.69, 9.17) is 26.8 Å². The van der Waals surface area contributed by atoms with Crippen LogP contribution in [0.5, 0.6) is 11.5 Å². The Hall–Kier alpha value is -2.69. The number of nitrogens with one attached hydrogen (secondary N) is 3. The summed E-state index contributed by atoms with van der Waals surface area (Å²) in [5.41, 5.74) is 0.528. The Morgan fingerprint density at radius 1 is 1.32 bits per heavy atom. The van der Waals surface area contributed by atoms with Crippen molar-refractivity contribution >= 4 is 18.1 Å². The number of aliphatic hydroxyl groups is 1. The summed E-state index contributed by atoms with van der Waals surface area (Å²) in [6, 6.07) is 6.40. The summed E-state index contributed by atoms with van der Waals surface area (Å²) in [7, 11) is 3.31. The number of carbonyl (C=O) groups is 1. The van der Waals surface area contributed by atoms with Crippen LogP contribution in [0.2, 0.25) is 0 Å². The van der Waals surface area contributed by atoms with Gasteiger partial charge in [-0.2, -0.15) is 0 Å². The van der Waals surface area contributed by atoms with E-state index in [2.05, 4.69) is 15.6 Å². The summed E-state index contributed by atoms with van der Waals surface area (Å²) in [4.78, 5) is 26.9. The number of aromatic amines is 1. The number of nitrogens with zero attached hydrogens (tertiary/aromatic N) is 1. The van der Waals surface area contributed by atoms with Crippen molar-refractivity contribution in [3.05, 3.63) is 39.4 Å². The van der Waals surface area contributed by atoms with Crippen LogP contribution in [0.25, 0.3) is 11.3 Å². The van der Waals surface area contributed by atoms with E-state index in [1.165, 1.54) is 17.7 Å². The van der Waals surface area contributed by atoms with Gasteiger partial charge in [-0.05, 0) is 37.5 Å². The molecule has 2 aromatic rings. The summed E-state index contributed by atoms with van der Waals surface area (Å²) in [6.45, 7) is 0.927. The van der Waals surface area contributed by atoms with E-state index in [1.807, 2.05) is 0 Å². The highest BCUT2D eigenvalue weighted by molar-refractivity contribution is 7.71. The number of amides is 1. The Kier molecular flexibility index (Phi) is 8.18. The first kappa shape index (κ1) is 21.6. The van der Waals surface area contributed by atoms with E-state index in [0.717, 1.165) is 0 Å². The average Bonchev–Trinajstić information content (AvgIpc) is 2.68. The van der Waals surface area contributed by atoms with Crippen LogP contribution in [0, 0.1) is 4.77 Å². The number of ether oxygens (including phenoxy) is 2. The van der Waals surface area contributed by atoms with Gasteiger partial charge in [0.2, 0.25) is 5.91 Å². The monoisotopic (exact) mass is 408 g/mol. The number of likely N-dealkylation sites (N-methyl/N-ethyl adjacent to an activating group) is 1. The standard InChI is InChI=1S/C18H24N4O5S/c1-19-5-6-20-17(25)11-22-14(10-16(24)21-18(22)28)13-9-12(26-2)3-4-15(13)27-8-7-23/h3-4,9-10,19,23H,5-8,11H2,1-2H3,(H,20,25)(H,21,24,28). The zero-order chi connectivity index (χ0) is 20.5. The van der Waals surface area contributed by atoms with Crippen molar-refractivity contribution in [3.8, 4) is 22.8 Å². The Labute approximate surface area is 167 Å². The molecule has 0 saturated carbocycles. The van der Waals surface area contributed by atoms with Crippen molar-refractivity contribution in [2.75, 3.05) is 40.5 Å². The van der Waals surface area contributed by atoms with Gasteiger partial charge < -0.3 is 29.8 Å². The minimum absolute atomic E-state index is 0.0771. The number of hydrogen-bond donors (Lipinski definition) is 4. The highest BCUT2D eigenvalue weighted by Crippen LogP contribution is 2.33. The van der Waals surface area contributed by atoms with Gasteiger partial charge in [-0.3, -0.25) is 14.6 Å². The molecule has 0 aliphatic rings. The van der Waals surface area contributed by atoms with E-state index in [9.17, 15) is 9.59 Å². The van der Waals surface area contributed by atoms with Gasteiger partial charge in [-0.15, -0.1) is 0 Å². The maximum atomic E-state index is 12.3. The number of hydrogen-bond acceptors (Lipinski definition) is 7. The summed E-state index contributed by atoms with van der Waals surface area (Å²) < 4.78 is 12.5. The molecule has 0 atom stereocenters. The molecule has 1 heterocycles. The summed E-state index contributed by atoms with van der Waals surface area (Å²) in [6.07, 6.45) is 0. The maximum Gasteiger partial charge on any atom is 0.252 e. The van der Waals surface area contributed by atoms with Crippen LogP contribution in [0.15, 0.2) is 29.1 Å². The number of carbonyl (C=O) groups excluding carboxylic acids is 1. The van der Waals surface area contributed by atoms with E-state index >= 15 is 0 Å². The third-order valence-corrected chi connectivity index (χ3v) is 4.17. The van der Waals surface area contributed by atoms with Crippen LogP contribution < -0.4 is 25.7 Å². The topological polar surface area (TPSA) is 118 Å². The van der Waals surface area contributed by atoms with Gasteiger partial charge in [0.1, 0.15) is 24.7 Å². The quantitative estimate of drug-likeness (QED) is 0.330. The molecular formula is C18H24N4O5S. The molecule has 9 nitrogen and oxygen atoms in total. The normalized spacial score (nSPS) is 10.5. The van der Waals surface area contributed by atoms with Crippen LogP contribution in [-0.2, 0) is 11.3 Å². The van der Waals surface area contributed by atoms with Gasteiger partial charge >= 0.3 is 0 Å². The smallest absolute Gasteiger partial charge is 0.252 e. The molecule has 0 unspecified atom stereocenters. The van der Waals surface area contributed by atoms with Crippen LogP contribution in [0.1, 0.15) is 0 Å². The molecule has 28 heavy (non-hydrogen) atoms. The first-order valence-corrected chi connectivity index (χ1v) is 9.08. The lowest BCUT2D eigenvalue weighted by atomic mass is 10.1. The van der Waals surface area contributed by atoms with Crippen molar-refractivity contribution in [1.82, 2.24) is 20.2 Å². The number of aromatic nitrogens is 2. The van der Waals surface area contributed by atoms with Crippen LogP contribution in [0.4, 0.5) is 0 Å². The fourth-order valence-corrected chi connectivity index (χ4v) is 2.81. The van der Waals surface area contributed by atoms with Gasteiger partial charge in [0, 0.05) is 24.7 Å². The van der Waals surface area contributed by atoms with E-state index in [1.54, 1.807) is 25.2 Å². The summed E-state index contributed by atoms with van der Waals surface area (Å²) in [5.74, 6) is 0.724. The van der Waals surface area contributed by atoms with Crippen LogP contribution in [-0.4, -0.2) is 61.0 Å². The molecule has 1 aromatic carbocycles. The number of rotatable bonds is 10. The third kappa shape index (κ3) is 5.65. The van der Waals surface area contributed by atoms with Crippen molar-refractivity contribution in [2.45, 2.75) is 6.54 Å². The molecule has 10 heteroatoms. The maximum absolute atomic E-state index is 12.3. The minimum Gasteiger partial charge on any atom is -0.497 e. The lowest BCUT2D eigenvalue weighted by Crippen LogP contribution is -2.33. The average molecular weight is 408 g/mol. The van der Waals surface area contributed by atoms with Gasteiger partial charge in [0.25, 0.3) is 5.56 Å². The Morgan fingerprint density at radius 3 is 2.79 bits per heavy atom. The molecule has 1 amide bonds. The van der Waals surface area contributed by atoms with Crippen molar-refractivity contribution < 1.29 is 19.4 Å². The van der Waals surface area contributed by atoms with Crippen molar-refractivity contribution in [2.24, 2.45) is 0 Å². The Bertz CT molecular complexity index is 925. The zero-order valence-corrected chi connectivity index (χ0v) is 16.6. The van der Waals surface area contributed by atoms with Crippen LogP contribution in [0.3, 0.4) is 0 Å². The highest BCUT2D eigenvalue weighted by atomic mass is 32.1. The van der Waals surface area contributed by atoms with E-state index in [-0.39, 0.29) is 30.4 Å². The molecule has 2 rings (SSSR count). The summed E-state index contributed by atoms with van der Waals surface area (Å²) >= 11 is 5.28. The predicted molar refractivity (Wildman–Crippen MR) is 107 cm³/mol. The Morgan fingerprint density at radius 2 is 2.11 bits per heavy atom. The lowest BCUT2D eigenvalue weighted by Gasteiger charge is -2.17. The zero-order valence-electron chi connectivity index (χ0n) is 15.8. The number of benzene rings is 1. The van der Waals surface area contributed by atoms with Gasteiger partial charge in [0.05, 0.1) is 19.4 Å². The fraction of sp³-hybridized carbons (Fsp3) is 0.389. The number of H-pyrrole nitrogens is 1. The molecule has 0 saturated heterocycles.